The fraction of sp³-hybridized carbons (Fsp3) is 0. The third-order valence-electron chi connectivity index (χ3n) is 13.0. The van der Waals surface area contributed by atoms with Crippen LogP contribution in [0.15, 0.2) is 267 Å². The molecular weight excluding hydrogens is 797 g/mol. The van der Waals surface area contributed by atoms with Gasteiger partial charge in [-0.15, -0.1) is 0 Å². The monoisotopic (exact) mass is 840 g/mol. The first-order valence-corrected chi connectivity index (χ1v) is 22.7. The number of aromatic nitrogens is 1. The van der Waals surface area contributed by atoms with Gasteiger partial charge < -0.3 is 9.47 Å². The minimum absolute atomic E-state index is 1.07. The summed E-state index contributed by atoms with van der Waals surface area (Å²) in [5, 5.41) is 4.99. The molecule has 310 valence electrons. The van der Waals surface area contributed by atoms with Crippen molar-refractivity contribution in [2.24, 2.45) is 0 Å². The third-order valence-corrected chi connectivity index (χ3v) is 13.0. The van der Waals surface area contributed by atoms with Crippen LogP contribution in [0.3, 0.4) is 0 Å². The van der Waals surface area contributed by atoms with Gasteiger partial charge in [-0.1, -0.05) is 212 Å². The summed E-state index contributed by atoms with van der Waals surface area (Å²) in [5.74, 6) is 0. The highest BCUT2D eigenvalue weighted by Gasteiger charge is 2.21. The minimum Gasteiger partial charge on any atom is -0.310 e. The van der Waals surface area contributed by atoms with Crippen LogP contribution in [0.25, 0.3) is 93.9 Å². The Labute approximate surface area is 385 Å². The van der Waals surface area contributed by atoms with Crippen LogP contribution in [0.4, 0.5) is 17.1 Å². The van der Waals surface area contributed by atoms with Crippen LogP contribution in [0.5, 0.6) is 0 Å². The van der Waals surface area contributed by atoms with Gasteiger partial charge in [-0.3, -0.25) is 0 Å². The first-order valence-electron chi connectivity index (χ1n) is 22.7. The van der Waals surface area contributed by atoms with Crippen LogP contribution in [-0.2, 0) is 0 Å². The molecule has 0 aliphatic heterocycles. The molecule has 1 heterocycles. The van der Waals surface area contributed by atoms with E-state index in [0.29, 0.717) is 0 Å². The van der Waals surface area contributed by atoms with Gasteiger partial charge in [0.25, 0.3) is 0 Å². The van der Waals surface area contributed by atoms with Gasteiger partial charge in [-0.05, 0) is 115 Å². The molecule has 0 saturated carbocycles. The van der Waals surface area contributed by atoms with Crippen molar-refractivity contribution in [1.82, 2.24) is 4.57 Å². The Morgan fingerprint density at radius 3 is 1.36 bits per heavy atom. The maximum Gasteiger partial charge on any atom is 0.0541 e. The third kappa shape index (κ3) is 6.93. The number of anilines is 3. The number of para-hydroxylation sites is 3. The van der Waals surface area contributed by atoms with Crippen LogP contribution in [0.1, 0.15) is 0 Å². The van der Waals surface area contributed by atoms with Crippen LogP contribution in [-0.4, -0.2) is 4.57 Å². The van der Waals surface area contributed by atoms with E-state index in [-0.39, 0.29) is 0 Å². The van der Waals surface area contributed by atoms with Crippen LogP contribution in [0.2, 0.25) is 0 Å². The van der Waals surface area contributed by atoms with Gasteiger partial charge >= 0.3 is 0 Å². The van der Waals surface area contributed by atoms with Gasteiger partial charge in [-0.2, -0.15) is 0 Å². The van der Waals surface area contributed by atoms with Gasteiger partial charge in [0.1, 0.15) is 0 Å². The molecule has 0 aliphatic carbocycles. The van der Waals surface area contributed by atoms with E-state index in [9.17, 15) is 0 Å². The number of rotatable bonds is 9. The zero-order chi connectivity index (χ0) is 43.8. The van der Waals surface area contributed by atoms with E-state index in [1.165, 1.54) is 77.1 Å². The van der Waals surface area contributed by atoms with Crippen molar-refractivity contribution in [2.45, 2.75) is 0 Å². The summed E-state index contributed by atoms with van der Waals surface area (Å²) >= 11 is 0. The van der Waals surface area contributed by atoms with E-state index in [1.54, 1.807) is 0 Å². The lowest BCUT2D eigenvalue weighted by Gasteiger charge is -2.27. The van der Waals surface area contributed by atoms with Gasteiger partial charge in [0.05, 0.1) is 16.7 Å². The topological polar surface area (TPSA) is 8.17 Å². The lowest BCUT2D eigenvalue weighted by atomic mass is 9.91. The SMILES string of the molecule is c1ccc(-c2ccc(N(c3ccc(-c4ccccc4-c4cccc5ccccc45)cc3)c3ccc(-c4ccccc4-n4c5ccccc5c5ccccc54)c(-c4ccccc4)c3)cc2)cc1. The Bertz CT molecular complexity index is 3620. The Morgan fingerprint density at radius 2 is 0.682 bits per heavy atom. The molecule has 12 aromatic rings. The maximum atomic E-state index is 2.43. The second-order valence-electron chi connectivity index (χ2n) is 16.9. The number of hydrogen-bond donors (Lipinski definition) is 0. The fourth-order valence-electron chi connectivity index (χ4n) is 9.94. The second-order valence-corrected chi connectivity index (χ2v) is 16.9. The number of benzene rings is 11. The average Bonchev–Trinajstić information content (AvgIpc) is 3.74. The van der Waals surface area contributed by atoms with E-state index in [0.717, 1.165) is 33.9 Å². The molecule has 0 N–H and O–H groups in total. The van der Waals surface area contributed by atoms with Crippen molar-refractivity contribution in [1.29, 1.82) is 0 Å². The quantitative estimate of drug-likeness (QED) is 0.141. The maximum absolute atomic E-state index is 2.43. The van der Waals surface area contributed by atoms with Gasteiger partial charge in [0.15, 0.2) is 0 Å². The molecule has 1 aromatic heterocycles. The molecule has 0 spiro atoms. The summed E-state index contributed by atoms with van der Waals surface area (Å²) in [4.78, 5) is 2.39. The largest absolute Gasteiger partial charge is 0.310 e. The van der Waals surface area contributed by atoms with Crippen molar-refractivity contribution in [2.75, 3.05) is 4.90 Å². The molecule has 66 heavy (non-hydrogen) atoms. The summed E-state index contributed by atoms with van der Waals surface area (Å²) in [7, 11) is 0. The summed E-state index contributed by atoms with van der Waals surface area (Å²) in [6.07, 6.45) is 0. The van der Waals surface area contributed by atoms with Crippen molar-refractivity contribution < 1.29 is 0 Å². The molecule has 0 saturated heterocycles. The molecule has 0 radical (unpaired) electrons. The molecule has 0 aliphatic rings. The molecule has 0 fully saturated rings. The van der Waals surface area contributed by atoms with E-state index in [2.05, 4.69) is 276 Å². The zero-order valence-electron chi connectivity index (χ0n) is 36.3. The Balaban J connectivity index is 1.02. The van der Waals surface area contributed by atoms with Crippen LogP contribution >= 0.6 is 0 Å². The number of hydrogen-bond acceptors (Lipinski definition) is 1. The smallest absolute Gasteiger partial charge is 0.0541 e. The summed E-state index contributed by atoms with van der Waals surface area (Å²) in [6, 6.07) is 96.9. The minimum atomic E-state index is 1.07. The van der Waals surface area contributed by atoms with E-state index in [4.69, 9.17) is 0 Å². The first-order chi connectivity index (χ1) is 32.8. The summed E-state index contributed by atoms with van der Waals surface area (Å²) in [6.45, 7) is 0. The fourth-order valence-corrected chi connectivity index (χ4v) is 9.94. The van der Waals surface area contributed by atoms with E-state index < -0.39 is 0 Å². The first kappa shape index (κ1) is 38.9. The van der Waals surface area contributed by atoms with Crippen molar-refractivity contribution in [3.63, 3.8) is 0 Å². The summed E-state index contributed by atoms with van der Waals surface area (Å²) in [5.41, 5.74) is 18.6. The molecule has 0 amide bonds. The van der Waals surface area contributed by atoms with Crippen molar-refractivity contribution in [3.8, 4) is 61.3 Å². The second kappa shape index (κ2) is 16.8. The number of fused-ring (bicyclic) bond motifs is 4. The standard InChI is InChI=1S/C64H44N2/c1-3-18-45(19-4-1)46-34-38-50(39-35-46)65(51-40-36-49(37-41-51)54-25-9-10-26-55(54)56-30-17-23-47-22-7-8-24-53(47)56)52-42-43-57(61(44-52)48-20-5-2-6-21-48)58-27-11-14-31-62(58)66-63-32-15-12-28-59(63)60-29-13-16-33-64(60)66/h1-44H. The normalized spacial score (nSPS) is 11.3. The van der Waals surface area contributed by atoms with Gasteiger partial charge in [0.2, 0.25) is 0 Å². The lowest BCUT2D eigenvalue weighted by Crippen LogP contribution is -2.10. The molecule has 0 bridgehead atoms. The molecule has 11 aromatic carbocycles. The molecule has 0 unspecified atom stereocenters. The average molecular weight is 841 g/mol. The summed E-state index contributed by atoms with van der Waals surface area (Å²) < 4.78 is 2.43. The Hall–Kier alpha value is -8.72. The molecule has 0 atom stereocenters. The molecule has 12 rings (SSSR count). The van der Waals surface area contributed by atoms with Gasteiger partial charge in [0, 0.05) is 33.4 Å². The van der Waals surface area contributed by atoms with Crippen LogP contribution < -0.4 is 4.90 Å². The lowest BCUT2D eigenvalue weighted by molar-refractivity contribution is 1.18. The highest BCUT2D eigenvalue weighted by molar-refractivity contribution is 6.10. The van der Waals surface area contributed by atoms with Crippen molar-refractivity contribution >= 4 is 49.6 Å². The predicted molar refractivity (Wildman–Crippen MR) is 280 cm³/mol. The van der Waals surface area contributed by atoms with E-state index >= 15 is 0 Å². The highest BCUT2D eigenvalue weighted by atomic mass is 15.1. The molecule has 2 nitrogen and oxygen atoms in total. The van der Waals surface area contributed by atoms with E-state index in [1.807, 2.05) is 0 Å². The van der Waals surface area contributed by atoms with Crippen LogP contribution in [0, 0.1) is 0 Å². The Morgan fingerprint density at radius 1 is 0.242 bits per heavy atom. The van der Waals surface area contributed by atoms with Crippen molar-refractivity contribution in [3.05, 3.63) is 267 Å². The van der Waals surface area contributed by atoms with Gasteiger partial charge in [-0.25, -0.2) is 0 Å². The predicted octanol–water partition coefficient (Wildman–Crippen LogP) is 17.7. The molecular formula is C64H44N2. The Kier molecular flexibility index (Phi) is 9.89. The highest BCUT2D eigenvalue weighted by Crippen LogP contribution is 2.45. The number of nitrogens with zero attached hydrogens (tertiary/aromatic N) is 2. The zero-order valence-corrected chi connectivity index (χ0v) is 36.3. The molecule has 2 heteroatoms.